The molecule has 0 saturated carbocycles. The van der Waals surface area contributed by atoms with Crippen molar-refractivity contribution in [1.82, 2.24) is 5.32 Å². The lowest BCUT2D eigenvalue weighted by molar-refractivity contribution is 0.0919. The predicted octanol–water partition coefficient (Wildman–Crippen LogP) is 4.40. The summed E-state index contributed by atoms with van der Waals surface area (Å²) in [6, 6.07) is 20.9. The summed E-state index contributed by atoms with van der Waals surface area (Å²) in [7, 11) is 1.59. The average Bonchev–Trinajstić information content (AvgIpc) is 3.20. The second-order valence-corrected chi connectivity index (χ2v) is 6.23. The van der Waals surface area contributed by atoms with E-state index in [1.54, 1.807) is 19.2 Å². The Labute approximate surface area is 158 Å². The largest absolute Gasteiger partial charge is 0.493 e. The molecule has 1 N–H and O–H groups in total. The van der Waals surface area contributed by atoms with Crippen LogP contribution < -0.4 is 14.8 Å². The van der Waals surface area contributed by atoms with Crippen LogP contribution in [0.1, 0.15) is 34.7 Å². The molecule has 0 fully saturated rings. The van der Waals surface area contributed by atoms with E-state index >= 15 is 0 Å². The third kappa shape index (κ3) is 4.91. The van der Waals surface area contributed by atoms with Gasteiger partial charge in [0.1, 0.15) is 12.4 Å². The first-order chi connectivity index (χ1) is 13.2. The number of hydrogen-bond acceptors (Lipinski definition) is 4. The molecule has 3 rings (SSSR count). The molecule has 0 bridgehead atoms. The molecular formula is C22H23NO4. The molecule has 5 heteroatoms. The Morgan fingerprint density at radius 2 is 1.70 bits per heavy atom. The summed E-state index contributed by atoms with van der Waals surface area (Å²) in [4.78, 5) is 12.3. The van der Waals surface area contributed by atoms with Gasteiger partial charge in [0, 0.05) is 6.54 Å². The molecular weight excluding hydrogens is 342 g/mol. The monoisotopic (exact) mass is 365 g/mol. The van der Waals surface area contributed by atoms with Gasteiger partial charge in [-0.25, -0.2) is 0 Å². The number of amides is 1. The highest BCUT2D eigenvalue weighted by molar-refractivity contribution is 5.91. The Hall–Kier alpha value is -3.21. The van der Waals surface area contributed by atoms with E-state index in [1.165, 1.54) is 5.56 Å². The van der Waals surface area contributed by atoms with Crippen molar-refractivity contribution in [2.24, 2.45) is 0 Å². The SMILES string of the molecule is COc1ccccc1OCc1ccc(C(=O)NCC(C)c2ccccc2)o1. The van der Waals surface area contributed by atoms with E-state index in [9.17, 15) is 4.79 Å². The minimum Gasteiger partial charge on any atom is -0.493 e. The number of methoxy groups -OCH3 is 1. The van der Waals surface area contributed by atoms with Crippen molar-refractivity contribution in [2.45, 2.75) is 19.4 Å². The summed E-state index contributed by atoms with van der Waals surface area (Å²) < 4.78 is 16.6. The van der Waals surface area contributed by atoms with E-state index in [0.29, 0.717) is 23.8 Å². The van der Waals surface area contributed by atoms with E-state index < -0.39 is 0 Å². The van der Waals surface area contributed by atoms with Crippen LogP contribution in [-0.4, -0.2) is 19.6 Å². The van der Waals surface area contributed by atoms with Crippen molar-refractivity contribution in [2.75, 3.05) is 13.7 Å². The molecule has 1 heterocycles. The third-order valence-corrected chi connectivity index (χ3v) is 4.26. The molecule has 1 amide bonds. The van der Waals surface area contributed by atoms with Crippen LogP contribution in [-0.2, 0) is 6.61 Å². The molecule has 0 radical (unpaired) electrons. The van der Waals surface area contributed by atoms with Crippen molar-refractivity contribution >= 4 is 5.91 Å². The number of rotatable bonds is 8. The highest BCUT2D eigenvalue weighted by Crippen LogP contribution is 2.26. The van der Waals surface area contributed by atoms with Crippen LogP contribution in [0.2, 0.25) is 0 Å². The molecule has 0 spiro atoms. The number of ether oxygens (including phenoxy) is 2. The van der Waals surface area contributed by atoms with Crippen molar-refractivity contribution in [3.8, 4) is 11.5 Å². The summed E-state index contributed by atoms with van der Waals surface area (Å²) in [5, 5.41) is 2.91. The lowest BCUT2D eigenvalue weighted by atomic mass is 10.0. The summed E-state index contributed by atoms with van der Waals surface area (Å²) in [6.07, 6.45) is 0. The minimum absolute atomic E-state index is 0.216. The fourth-order valence-electron chi connectivity index (χ4n) is 2.70. The topological polar surface area (TPSA) is 60.7 Å². The van der Waals surface area contributed by atoms with Gasteiger partial charge in [0.25, 0.3) is 5.91 Å². The molecule has 1 atom stereocenters. The smallest absolute Gasteiger partial charge is 0.287 e. The maximum Gasteiger partial charge on any atom is 0.287 e. The first-order valence-electron chi connectivity index (χ1n) is 8.85. The summed E-state index contributed by atoms with van der Waals surface area (Å²) in [6.45, 7) is 2.83. The van der Waals surface area contributed by atoms with E-state index in [4.69, 9.17) is 13.9 Å². The quantitative estimate of drug-likeness (QED) is 0.643. The number of hydrogen-bond donors (Lipinski definition) is 1. The molecule has 140 valence electrons. The van der Waals surface area contributed by atoms with Crippen LogP contribution in [0.3, 0.4) is 0 Å². The van der Waals surface area contributed by atoms with Gasteiger partial charge in [0.15, 0.2) is 17.3 Å². The number of carbonyl (C=O) groups is 1. The second-order valence-electron chi connectivity index (χ2n) is 6.23. The van der Waals surface area contributed by atoms with Gasteiger partial charge in [-0.15, -0.1) is 0 Å². The molecule has 0 aliphatic rings. The zero-order chi connectivity index (χ0) is 19.1. The summed E-state index contributed by atoms with van der Waals surface area (Å²) in [5.41, 5.74) is 1.18. The first-order valence-corrected chi connectivity index (χ1v) is 8.85. The molecule has 0 saturated heterocycles. The van der Waals surface area contributed by atoms with Crippen molar-refractivity contribution in [3.63, 3.8) is 0 Å². The lowest BCUT2D eigenvalue weighted by Crippen LogP contribution is -2.27. The Bertz CT molecular complexity index is 873. The second kappa shape index (κ2) is 8.94. The third-order valence-electron chi connectivity index (χ3n) is 4.26. The zero-order valence-electron chi connectivity index (χ0n) is 15.5. The Balaban J connectivity index is 1.53. The van der Waals surface area contributed by atoms with Crippen molar-refractivity contribution < 1.29 is 18.7 Å². The van der Waals surface area contributed by atoms with E-state index in [-0.39, 0.29) is 24.2 Å². The molecule has 1 unspecified atom stereocenters. The molecule has 1 aromatic heterocycles. The zero-order valence-corrected chi connectivity index (χ0v) is 15.5. The Morgan fingerprint density at radius 1 is 1.00 bits per heavy atom. The molecule has 3 aromatic rings. The molecule has 27 heavy (non-hydrogen) atoms. The van der Waals surface area contributed by atoms with Gasteiger partial charge in [0.2, 0.25) is 0 Å². The maximum absolute atomic E-state index is 12.3. The predicted molar refractivity (Wildman–Crippen MR) is 103 cm³/mol. The average molecular weight is 365 g/mol. The maximum atomic E-state index is 12.3. The van der Waals surface area contributed by atoms with Crippen LogP contribution in [0, 0.1) is 0 Å². The van der Waals surface area contributed by atoms with Crippen LogP contribution >= 0.6 is 0 Å². The van der Waals surface area contributed by atoms with Crippen LogP contribution in [0.25, 0.3) is 0 Å². The number of benzene rings is 2. The van der Waals surface area contributed by atoms with Gasteiger partial charge in [-0.2, -0.15) is 0 Å². The van der Waals surface area contributed by atoms with E-state index in [0.717, 1.165) is 0 Å². The Kier molecular flexibility index (Phi) is 6.15. The van der Waals surface area contributed by atoms with Crippen molar-refractivity contribution in [3.05, 3.63) is 83.8 Å². The van der Waals surface area contributed by atoms with Gasteiger partial charge >= 0.3 is 0 Å². The Morgan fingerprint density at radius 3 is 2.44 bits per heavy atom. The highest BCUT2D eigenvalue weighted by Gasteiger charge is 2.14. The summed E-state index contributed by atoms with van der Waals surface area (Å²) in [5.74, 6) is 2.10. The fourth-order valence-corrected chi connectivity index (χ4v) is 2.70. The number of nitrogens with one attached hydrogen (secondary N) is 1. The van der Waals surface area contributed by atoms with E-state index in [1.807, 2.05) is 42.5 Å². The van der Waals surface area contributed by atoms with Crippen LogP contribution in [0.15, 0.2) is 71.1 Å². The standard InChI is InChI=1S/C22H23NO4/c1-16(17-8-4-3-5-9-17)14-23-22(24)21-13-12-18(27-21)15-26-20-11-7-6-10-19(20)25-2/h3-13,16H,14-15H2,1-2H3,(H,23,24). The molecule has 0 aliphatic carbocycles. The van der Waals surface area contributed by atoms with Crippen LogP contribution in [0.5, 0.6) is 11.5 Å². The van der Waals surface area contributed by atoms with E-state index in [2.05, 4.69) is 24.4 Å². The van der Waals surface area contributed by atoms with Gasteiger partial charge < -0.3 is 19.2 Å². The first kappa shape index (κ1) is 18.6. The number of para-hydroxylation sites is 2. The van der Waals surface area contributed by atoms with Crippen molar-refractivity contribution in [1.29, 1.82) is 0 Å². The van der Waals surface area contributed by atoms with Gasteiger partial charge in [-0.1, -0.05) is 49.4 Å². The normalized spacial score (nSPS) is 11.6. The lowest BCUT2D eigenvalue weighted by Gasteiger charge is -2.12. The van der Waals surface area contributed by atoms with Crippen LogP contribution in [0.4, 0.5) is 0 Å². The number of furan rings is 1. The van der Waals surface area contributed by atoms with Gasteiger partial charge in [0.05, 0.1) is 7.11 Å². The molecule has 5 nitrogen and oxygen atoms in total. The molecule has 0 aliphatic heterocycles. The highest BCUT2D eigenvalue weighted by atomic mass is 16.5. The fraction of sp³-hybridized carbons (Fsp3) is 0.227. The molecule has 2 aromatic carbocycles. The minimum atomic E-state index is -0.235. The van der Waals surface area contributed by atoms with Gasteiger partial charge in [-0.05, 0) is 35.7 Å². The summed E-state index contributed by atoms with van der Waals surface area (Å²) >= 11 is 0. The number of carbonyl (C=O) groups excluding carboxylic acids is 1. The van der Waals surface area contributed by atoms with Gasteiger partial charge in [-0.3, -0.25) is 4.79 Å².